The van der Waals surface area contributed by atoms with Gasteiger partial charge in [-0.05, 0) is 12.3 Å². The van der Waals surface area contributed by atoms with Crippen molar-refractivity contribution >= 4 is 5.91 Å². The van der Waals surface area contributed by atoms with Gasteiger partial charge in [-0.2, -0.15) is 0 Å². The van der Waals surface area contributed by atoms with Crippen molar-refractivity contribution in [3.05, 3.63) is 0 Å². The lowest BCUT2D eigenvalue weighted by Crippen LogP contribution is -2.37. The SMILES string of the molecule is CC(C)CC(N)CC(=O)N(C)N. The Bertz CT molecular complexity index is 145. The van der Waals surface area contributed by atoms with Crippen LogP contribution in [0.15, 0.2) is 0 Å². The zero-order valence-electron chi connectivity index (χ0n) is 8.08. The third kappa shape index (κ3) is 5.09. The molecule has 0 aromatic carbocycles. The minimum atomic E-state index is -0.108. The predicted octanol–water partition coefficient (Wildman–Crippen LogP) is 0.0820. The van der Waals surface area contributed by atoms with Gasteiger partial charge in [0.15, 0.2) is 0 Å². The number of amides is 1. The number of nitrogens with zero attached hydrogens (tertiary/aromatic N) is 1. The lowest BCUT2D eigenvalue weighted by atomic mass is 10.0. The van der Waals surface area contributed by atoms with Gasteiger partial charge >= 0.3 is 0 Å². The number of hydrogen-bond donors (Lipinski definition) is 2. The Balaban J connectivity index is 3.69. The van der Waals surface area contributed by atoms with Crippen molar-refractivity contribution in [2.24, 2.45) is 17.5 Å². The molecular weight excluding hydrogens is 154 g/mol. The Kier molecular flexibility index (Phi) is 4.85. The maximum atomic E-state index is 11.1. The third-order valence-corrected chi connectivity index (χ3v) is 1.60. The zero-order chi connectivity index (χ0) is 9.72. The van der Waals surface area contributed by atoms with Crippen LogP contribution in [0.25, 0.3) is 0 Å². The summed E-state index contributed by atoms with van der Waals surface area (Å²) in [5.41, 5.74) is 5.71. The summed E-state index contributed by atoms with van der Waals surface area (Å²) >= 11 is 0. The highest BCUT2D eigenvalue weighted by molar-refractivity contribution is 5.75. The summed E-state index contributed by atoms with van der Waals surface area (Å²) in [6, 6.07) is -0.0662. The second-order valence-corrected chi connectivity index (χ2v) is 3.60. The molecule has 1 unspecified atom stereocenters. The smallest absolute Gasteiger partial charge is 0.237 e. The molecule has 4 heteroatoms. The molecule has 1 atom stereocenters. The average molecular weight is 173 g/mol. The molecule has 0 radical (unpaired) electrons. The van der Waals surface area contributed by atoms with E-state index in [0.29, 0.717) is 12.3 Å². The van der Waals surface area contributed by atoms with E-state index in [1.807, 2.05) is 0 Å². The first-order valence-electron chi connectivity index (χ1n) is 4.20. The van der Waals surface area contributed by atoms with E-state index in [-0.39, 0.29) is 11.9 Å². The Morgan fingerprint density at radius 1 is 1.50 bits per heavy atom. The summed E-state index contributed by atoms with van der Waals surface area (Å²) in [6.07, 6.45) is 1.20. The van der Waals surface area contributed by atoms with Gasteiger partial charge in [-0.25, -0.2) is 5.84 Å². The van der Waals surface area contributed by atoms with Gasteiger partial charge in [0.1, 0.15) is 0 Å². The van der Waals surface area contributed by atoms with Gasteiger partial charge in [-0.1, -0.05) is 13.8 Å². The topological polar surface area (TPSA) is 72.4 Å². The summed E-state index contributed by atoms with van der Waals surface area (Å²) in [6.45, 7) is 4.16. The quantitative estimate of drug-likeness (QED) is 0.359. The van der Waals surface area contributed by atoms with Gasteiger partial charge in [-0.3, -0.25) is 9.80 Å². The minimum absolute atomic E-state index is 0.0662. The van der Waals surface area contributed by atoms with E-state index in [4.69, 9.17) is 11.6 Å². The molecule has 0 bridgehead atoms. The predicted molar refractivity (Wildman–Crippen MR) is 49.0 cm³/mol. The van der Waals surface area contributed by atoms with E-state index in [1.54, 1.807) is 0 Å². The van der Waals surface area contributed by atoms with E-state index >= 15 is 0 Å². The van der Waals surface area contributed by atoms with Crippen LogP contribution in [0.3, 0.4) is 0 Å². The van der Waals surface area contributed by atoms with Crippen molar-refractivity contribution in [1.82, 2.24) is 5.01 Å². The highest BCUT2D eigenvalue weighted by Gasteiger charge is 2.12. The maximum absolute atomic E-state index is 11.1. The maximum Gasteiger partial charge on any atom is 0.237 e. The summed E-state index contributed by atoms with van der Waals surface area (Å²) < 4.78 is 0. The summed E-state index contributed by atoms with van der Waals surface area (Å²) in [5.74, 6) is 5.66. The molecule has 0 spiro atoms. The molecule has 12 heavy (non-hydrogen) atoms. The molecule has 0 heterocycles. The summed E-state index contributed by atoms with van der Waals surface area (Å²) in [7, 11) is 1.53. The van der Waals surface area contributed by atoms with E-state index in [2.05, 4.69) is 13.8 Å². The molecule has 4 nitrogen and oxygen atoms in total. The van der Waals surface area contributed by atoms with Crippen molar-refractivity contribution in [2.45, 2.75) is 32.7 Å². The third-order valence-electron chi connectivity index (χ3n) is 1.60. The van der Waals surface area contributed by atoms with Crippen LogP contribution in [-0.4, -0.2) is 24.0 Å². The van der Waals surface area contributed by atoms with Gasteiger partial charge in [0, 0.05) is 19.5 Å². The molecule has 4 N–H and O–H groups in total. The Morgan fingerprint density at radius 3 is 2.33 bits per heavy atom. The van der Waals surface area contributed by atoms with E-state index < -0.39 is 0 Å². The number of carbonyl (C=O) groups is 1. The Labute approximate surface area is 73.9 Å². The lowest BCUT2D eigenvalue weighted by Gasteiger charge is -2.16. The van der Waals surface area contributed by atoms with Gasteiger partial charge in [0.25, 0.3) is 0 Å². The second-order valence-electron chi connectivity index (χ2n) is 3.60. The number of hydrogen-bond acceptors (Lipinski definition) is 3. The first-order valence-corrected chi connectivity index (χ1v) is 4.20. The molecule has 0 saturated carbocycles. The number of carbonyl (C=O) groups excluding carboxylic acids is 1. The van der Waals surface area contributed by atoms with Crippen LogP contribution < -0.4 is 11.6 Å². The molecule has 72 valence electrons. The van der Waals surface area contributed by atoms with Gasteiger partial charge in [0.2, 0.25) is 5.91 Å². The highest BCUT2D eigenvalue weighted by Crippen LogP contribution is 2.05. The van der Waals surface area contributed by atoms with Crippen molar-refractivity contribution in [1.29, 1.82) is 0 Å². The van der Waals surface area contributed by atoms with Crippen LogP contribution in [-0.2, 0) is 4.79 Å². The molecule has 0 aliphatic heterocycles. The minimum Gasteiger partial charge on any atom is -0.327 e. The van der Waals surface area contributed by atoms with Gasteiger partial charge in [0.05, 0.1) is 0 Å². The Hall–Kier alpha value is -0.610. The summed E-state index contributed by atoms with van der Waals surface area (Å²) in [5, 5.41) is 1.08. The molecule has 0 aliphatic rings. The van der Waals surface area contributed by atoms with Crippen molar-refractivity contribution in [3.8, 4) is 0 Å². The van der Waals surface area contributed by atoms with Crippen LogP contribution in [0.1, 0.15) is 26.7 Å². The van der Waals surface area contributed by atoms with Crippen LogP contribution in [0.4, 0.5) is 0 Å². The zero-order valence-corrected chi connectivity index (χ0v) is 8.08. The van der Waals surface area contributed by atoms with Crippen LogP contribution in [0.5, 0.6) is 0 Å². The molecule has 0 aromatic heterocycles. The number of hydrazine groups is 1. The lowest BCUT2D eigenvalue weighted by molar-refractivity contribution is -0.130. The van der Waals surface area contributed by atoms with Crippen molar-refractivity contribution in [3.63, 3.8) is 0 Å². The monoisotopic (exact) mass is 173 g/mol. The van der Waals surface area contributed by atoms with Crippen LogP contribution in [0.2, 0.25) is 0 Å². The van der Waals surface area contributed by atoms with Crippen molar-refractivity contribution < 1.29 is 4.79 Å². The fraction of sp³-hybridized carbons (Fsp3) is 0.875. The first-order chi connectivity index (χ1) is 5.43. The van der Waals surface area contributed by atoms with Gasteiger partial charge < -0.3 is 5.73 Å². The summed E-state index contributed by atoms with van der Waals surface area (Å²) in [4.78, 5) is 11.1. The molecule has 0 fully saturated rings. The van der Waals surface area contributed by atoms with Crippen LogP contribution in [0, 0.1) is 5.92 Å². The molecule has 0 aromatic rings. The van der Waals surface area contributed by atoms with E-state index in [0.717, 1.165) is 11.4 Å². The molecule has 0 saturated heterocycles. The van der Waals surface area contributed by atoms with Crippen molar-refractivity contribution in [2.75, 3.05) is 7.05 Å². The molecule has 0 rings (SSSR count). The first kappa shape index (κ1) is 11.4. The van der Waals surface area contributed by atoms with Gasteiger partial charge in [-0.15, -0.1) is 0 Å². The Morgan fingerprint density at radius 2 is 2.00 bits per heavy atom. The highest BCUT2D eigenvalue weighted by atomic mass is 16.2. The molecule has 0 aliphatic carbocycles. The fourth-order valence-corrected chi connectivity index (χ4v) is 1.06. The molecule has 1 amide bonds. The van der Waals surface area contributed by atoms with E-state index in [1.165, 1.54) is 7.05 Å². The normalized spacial score (nSPS) is 13.2. The van der Waals surface area contributed by atoms with E-state index in [9.17, 15) is 4.79 Å². The average Bonchev–Trinajstić information content (AvgIpc) is 1.84. The van der Waals surface area contributed by atoms with Crippen LogP contribution >= 0.6 is 0 Å². The number of nitrogens with two attached hydrogens (primary N) is 2. The molecular formula is C8H19N3O. The standard InChI is InChI=1S/C8H19N3O/c1-6(2)4-7(9)5-8(12)11(3)10/h6-7H,4-5,9-10H2,1-3H3. The number of rotatable bonds is 4. The second kappa shape index (κ2) is 5.11. The fourth-order valence-electron chi connectivity index (χ4n) is 1.06. The largest absolute Gasteiger partial charge is 0.327 e.